The van der Waals surface area contributed by atoms with Crippen molar-refractivity contribution in [2.24, 2.45) is 11.3 Å². The molecule has 0 N–H and O–H groups in total. The van der Waals surface area contributed by atoms with Crippen LogP contribution in [-0.2, 0) is 30.3 Å². The number of hydrogen-bond donors (Lipinski definition) is 0. The van der Waals surface area contributed by atoms with Gasteiger partial charge in [0, 0.05) is 24.9 Å². The second-order valence-electron chi connectivity index (χ2n) is 7.79. The van der Waals surface area contributed by atoms with E-state index >= 15 is 0 Å². The molecule has 138 valence electrons. The van der Waals surface area contributed by atoms with Crippen molar-refractivity contribution in [3.63, 3.8) is 0 Å². The van der Waals surface area contributed by atoms with Crippen LogP contribution < -0.4 is 0 Å². The van der Waals surface area contributed by atoms with Crippen LogP contribution in [0.1, 0.15) is 39.7 Å². The first-order chi connectivity index (χ1) is 11.8. The van der Waals surface area contributed by atoms with Gasteiger partial charge in [-0.1, -0.05) is 44.2 Å². The maximum Gasteiger partial charge on any atom is 0.189 e. The van der Waals surface area contributed by atoms with Gasteiger partial charge in [0.25, 0.3) is 0 Å². The van der Waals surface area contributed by atoms with Gasteiger partial charge in [-0.15, -0.1) is 0 Å². The summed E-state index contributed by atoms with van der Waals surface area (Å²) in [7, 11) is 1.61. The van der Waals surface area contributed by atoms with Gasteiger partial charge in [-0.05, 0) is 19.4 Å². The quantitative estimate of drug-likeness (QED) is 0.789. The van der Waals surface area contributed by atoms with Crippen LogP contribution in [0.5, 0.6) is 0 Å². The monoisotopic (exact) mass is 348 g/mol. The standard InChI is InChI=1S/C20H28O5/c1-13-15(21)11-20(13,4)17(23-12-14-9-7-6-8-10-14)16-18(22-5)25-19(2,3)24-16/h6-10,13,16-18H,11-12H2,1-5H3/t13-,16?,17+,18?,20?/m1/s1. The zero-order valence-corrected chi connectivity index (χ0v) is 15.7. The number of rotatable bonds is 6. The Morgan fingerprint density at radius 1 is 1.20 bits per heavy atom. The van der Waals surface area contributed by atoms with Crippen LogP contribution in [0, 0.1) is 11.3 Å². The van der Waals surface area contributed by atoms with Crippen molar-refractivity contribution in [2.75, 3.05) is 7.11 Å². The number of ether oxygens (including phenoxy) is 4. The summed E-state index contributed by atoms with van der Waals surface area (Å²) in [5, 5.41) is 0. The first-order valence-corrected chi connectivity index (χ1v) is 8.83. The van der Waals surface area contributed by atoms with Gasteiger partial charge in [0.1, 0.15) is 11.9 Å². The van der Waals surface area contributed by atoms with Crippen LogP contribution in [-0.4, -0.2) is 37.2 Å². The number of benzene rings is 1. The fraction of sp³-hybridized carbons (Fsp3) is 0.650. The minimum Gasteiger partial charge on any atom is -0.370 e. The molecule has 0 radical (unpaired) electrons. The molecule has 1 saturated carbocycles. The second-order valence-corrected chi connectivity index (χ2v) is 7.79. The van der Waals surface area contributed by atoms with E-state index in [-0.39, 0.29) is 29.3 Å². The zero-order chi connectivity index (χ0) is 18.2. The topological polar surface area (TPSA) is 54.0 Å². The highest BCUT2D eigenvalue weighted by Gasteiger charge is 2.59. The number of ketones is 1. The first-order valence-electron chi connectivity index (χ1n) is 8.83. The molecule has 5 nitrogen and oxygen atoms in total. The third kappa shape index (κ3) is 3.51. The summed E-state index contributed by atoms with van der Waals surface area (Å²) in [4.78, 5) is 12.0. The molecule has 2 fully saturated rings. The van der Waals surface area contributed by atoms with Crippen LogP contribution in [0.15, 0.2) is 30.3 Å². The van der Waals surface area contributed by atoms with E-state index in [1.165, 1.54) is 0 Å². The Morgan fingerprint density at radius 3 is 2.44 bits per heavy atom. The number of hydrogen-bond acceptors (Lipinski definition) is 5. The van der Waals surface area contributed by atoms with Crippen LogP contribution in [0.25, 0.3) is 0 Å². The molecule has 0 spiro atoms. The molecule has 3 rings (SSSR count). The Labute approximate surface area is 149 Å². The van der Waals surface area contributed by atoms with Crippen LogP contribution in [0.4, 0.5) is 0 Å². The molecule has 5 heteroatoms. The summed E-state index contributed by atoms with van der Waals surface area (Å²) in [6.07, 6.45) is -0.712. The van der Waals surface area contributed by atoms with Gasteiger partial charge in [-0.25, -0.2) is 0 Å². The molecule has 0 aromatic heterocycles. The Morgan fingerprint density at radius 2 is 1.88 bits per heavy atom. The number of Topliss-reactive ketones (excluding diaryl/α,β-unsaturated/α-hetero) is 1. The zero-order valence-electron chi connectivity index (χ0n) is 15.7. The van der Waals surface area contributed by atoms with E-state index in [9.17, 15) is 4.79 Å². The summed E-state index contributed by atoms with van der Waals surface area (Å²) in [6, 6.07) is 10.0. The Balaban J connectivity index is 1.83. The molecule has 0 bridgehead atoms. The molecule has 3 unspecified atom stereocenters. The van der Waals surface area contributed by atoms with Crippen LogP contribution in [0.3, 0.4) is 0 Å². The van der Waals surface area contributed by atoms with Gasteiger partial charge in [-0.2, -0.15) is 0 Å². The number of carbonyl (C=O) groups is 1. The summed E-state index contributed by atoms with van der Waals surface area (Å²) < 4.78 is 23.8. The lowest BCUT2D eigenvalue weighted by molar-refractivity contribution is -0.196. The molecule has 25 heavy (non-hydrogen) atoms. The van der Waals surface area contributed by atoms with E-state index < -0.39 is 12.1 Å². The average molecular weight is 348 g/mol. The minimum absolute atomic E-state index is 0.0712. The van der Waals surface area contributed by atoms with E-state index in [1.54, 1.807) is 7.11 Å². The van der Waals surface area contributed by atoms with Gasteiger partial charge in [-0.3, -0.25) is 4.79 Å². The normalized spacial score (nSPS) is 35.4. The second kappa shape index (κ2) is 6.80. The van der Waals surface area contributed by atoms with Gasteiger partial charge in [0.05, 0.1) is 12.7 Å². The third-order valence-corrected chi connectivity index (χ3v) is 5.57. The van der Waals surface area contributed by atoms with Crippen LogP contribution in [0.2, 0.25) is 0 Å². The summed E-state index contributed by atoms with van der Waals surface area (Å²) >= 11 is 0. The van der Waals surface area contributed by atoms with Gasteiger partial charge < -0.3 is 18.9 Å². The lowest BCUT2D eigenvalue weighted by Gasteiger charge is -2.50. The van der Waals surface area contributed by atoms with Crippen molar-refractivity contribution >= 4 is 5.78 Å². The van der Waals surface area contributed by atoms with Crippen molar-refractivity contribution in [3.8, 4) is 0 Å². The molecular formula is C20H28O5. The first kappa shape index (κ1) is 18.5. The van der Waals surface area contributed by atoms with Crippen LogP contribution >= 0.6 is 0 Å². The molecule has 2 aliphatic rings. The van der Waals surface area contributed by atoms with E-state index in [1.807, 2.05) is 51.1 Å². The van der Waals surface area contributed by atoms with Gasteiger partial charge in [0.2, 0.25) is 0 Å². The van der Waals surface area contributed by atoms with Crippen molar-refractivity contribution in [2.45, 2.75) is 65.0 Å². The highest BCUT2D eigenvalue weighted by Crippen LogP contribution is 2.51. The van der Waals surface area contributed by atoms with Crippen molar-refractivity contribution in [1.82, 2.24) is 0 Å². The molecule has 1 aromatic rings. The summed E-state index contributed by atoms with van der Waals surface area (Å²) in [6.45, 7) is 8.25. The molecule has 1 aliphatic carbocycles. The van der Waals surface area contributed by atoms with Crippen molar-refractivity contribution < 1.29 is 23.7 Å². The maximum absolute atomic E-state index is 12.0. The van der Waals surface area contributed by atoms with Gasteiger partial charge in [0.15, 0.2) is 12.1 Å². The Hall–Kier alpha value is -1.27. The summed E-state index contributed by atoms with van der Waals surface area (Å²) in [5.41, 5.74) is 0.790. The maximum atomic E-state index is 12.0. The lowest BCUT2D eigenvalue weighted by atomic mass is 9.57. The van der Waals surface area contributed by atoms with E-state index in [0.717, 1.165) is 5.56 Å². The predicted molar refractivity (Wildman–Crippen MR) is 92.7 cm³/mol. The predicted octanol–water partition coefficient (Wildman–Crippen LogP) is 3.31. The molecule has 0 amide bonds. The Kier molecular flexibility index (Phi) is 5.04. The lowest BCUT2D eigenvalue weighted by Crippen LogP contribution is -2.59. The number of methoxy groups -OCH3 is 1. The molecule has 1 heterocycles. The average Bonchev–Trinajstić information content (AvgIpc) is 2.90. The summed E-state index contributed by atoms with van der Waals surface area (Å²) in [5.74, 6) is -0.548. The molecule has 5 atom stereocenters. The van der Waals surface area contributed by atoms with Crippen molar-refractivity contribution in [3.05, 3.63) is 35.9 Å². The molecule has 1 saturated heterocycles. The fourth-order valence-electron chi connectivity index (χ4n) is 3.83. The van der Waals surface area contributed by atoms with E-state index in [4.69, 9.17) is 18.9 Å². The Bertz CT molecular complexity index is 614. The third-order valence-electron chi connectivity index (χ3n) is 5.57. The van der Waals surface area contributed by atoms with E-state index in [2.05, 4.69) is 6.92 Å². The molecule has 1 aliphatic heterocycles. The van der Waals surface area contributed by atoms with Crippen molar-refractivity contribution in [1.29, 1.82) is 0 Å². The minimum atomic E-state index is -0.743. The highest BCUT2D eigenvalue weighted by molar-refractivity contribution is 5.88. The highest BCUT2D eigenvalue weighted by atomic mass is 16.8. The fourth-order valence-corrected chi connectivity index (χ4v) is 3.83. The molecule has 1 aromatic carbocycles. The van der Waals surface area contributed by atoms with E-state index in [0.29, 0.717) is 13.0 Å². The van der Waals surface area contributed by atoms with Gasteiger partial charge >= 0.3 is 0 Å². The SMILES string of the molecule is COC1OC(C)(C)OC1[C@H](OCc1ccccc1)C1(C)CC(=O)[C@H]1C. The largest absolute Gasteiger partial charge is 0.370 e. The molecular weight excluding hydrogens is 320 g/mol. The number of carbonyl (C=O) groups excluding carboxylic acids is 1. The smallest absolute Gasteiger partial charge is 0.189 e.